The molecule has 3 nitrogen and oxygen atoms in total. The van der Waals surface area contributed by atoms with E-state index in [1.807, 2.05) is 0 Å². The molecule has 1 saturated carbocycles. The maximum atomic E-state index is 11.5. The van der Waals surface area contributed by atoms with E-state index in [4.69, 9.17) is 0 Å². The van der Waals surface area contributed by atoms with Gasteiger partial charge in [-0.05, 0) is 25.3 Å². The quantitative estimate of drug-likeness (QED) is 0.640. The fourth-order valence-electron chi connectivity index (χ4n) is 2.44. The van der Waals surface area contributed by atoms with Crippen LogP contribution in [0.4, 0.5) is 0 Å². The first-order valence-electron chi connectivity index (χ1n) is 7.18. The lowest BCUT2D eigenvalue weighted by Crippen LogP contribution is -2.28. The van der Waals surface area contributed by atoms with Crippen LogP contribution in [0.25, 0.3) is 0 Å². The average molecular weight is 240 g/mol. The number of rotatable bonds is 8. The molecule has 0 aromatic carbocycles. The maximum absolute atomic E-state index is 11.5. The molecule has 0 heterocycles. The fraction of sp³-hybridized carbons (Fsp3) is 0.929. The number of amides is 1. The third kappa shape index (κ3) is 7.37. The van der Waals surface area contributed by atoms with Crippen molar-refractivity contribution in [3.8, 4) is 0 Å². The van der Waals surface area contributed by atoms with Gasteiger partial charge in [0.15, 0.2) is 0 Å². The van der Waals surface area contributed by atoms with Crippen molar-refractivity contribution in [3.05, 3.63) is 0 Å². The average Bonchev–Trinajstić information content (AvgIpc) is 2.77. The number of hydrogen-bond donors (Lipinski definition) is 2. The molecule has 1 aliphatic rings. The molecule has 0 spiro atoms. The van der Waals surface area contributed by atoms with E-state index in [1.165, 1.54) is 32.1 Å². The van der Waals surface area contributed by atoms with Crippen molar-refractivity contribution >= 4 is 5.91 Å². The molecule has 0 radical (unpaired) electrons. The van der Waals surface area contributed by atoms with Crippen LogP contribution in [0.3, 0.4) is 0 Å². The highest BCUT2D eigenvalue weighted by molar-refractivity contribution is 5.75. The fourth-order valence-corrected chi connectivity index (χ4v) is 2.44. The van der Waals surface area contributed by atoms with Crippen molar-refractivity contribution < 1.29 is 4.79 Å². The van der Waals surface area contributed by atoms with Gasteiger partial charge in [0.05, 0.1) is 0 Å². The lowest BCUT2D eigenvalue weighted by Gasteiger charge is -2.10. The first-order valence-corrected chi connectivity index (χ1v) is 7.18. The molecule has 1 fully saturated rings. The van der Waals surface area contributed by atoms with Crippen LogP contribution in [0.1, 0.15) is 58.8 Å². The SMILES string of the molecule is CC(C)NCCCC(=O)NCCC1CCCC1. The number of nitrogens with one attached hydrogen (secondary N) is 2. The van der Waals surface area contributed by atoms with Crippen molar-refractivity contribution in [1.82, 2.24) is 10.6 Å². The van der Waals surface area contributed by atoms with Crippen LogP contribution in [0, 0.1) is 5.92 Å². The molecular weight excluding hydrogens is 212 g/mol. The second kappa shape index (κ2) is 8.51. The van der Waals surface area contributed by atoms with E-state index in [-0.39, 0.29) is 5.91 Å². The Morgan fingerprint density at radius 2 is 1.94 bits per heavy atom. The Bertz CT molecular complexity index is 210. The third-order valence-electron chi connectivity index (χ3n) is 3.48. The second-order valence-electron chi connectivity index (χ2n) is 5.50. The lowest BCUT2D eigenvalue weighted by atomic mass is 10.0. The van der Waals surface area contributed by atoms with Crippen LogP contribution < -0.4 is 10.6 Å². The minimum Gasteiger partial charge on any atom is -0.356 e. The zero-order valence-corrected chi connectivity index (χ0v) is 11.4. The standard InChI is InChI=1S/C14H28N2O/c1-12(2)15-10-5-8-14(17)16-11-9-13-6-3-4-7-13/h12-13,15H,3-11H2,1-2H3,(H,16,17). The second-order valence-corrected chi connectivity index (χ2v) is 5.50. The smallest absolute Gasteiger partial charge is 0.220 e. The zero-order chi connectivity index (χ0) is 12.5. The molecule has 0 aromatic rings. The molecule has 2 N–H and O–H groups in total. The van der Waals surface area contributed by atoms with Crippen molar-refractivity contribution in [2.45, 2.75) is 64.8 Å². The minimum absolute atomic E-state index is 0.216. The molecule has 0 atom stereocenters. The normalized spacial score (nSPS) is 16.6. The predicted octanol–water partition coefficient (Wildman–Crippen LogP) is 2.46. The molecule has 100 valence electrons. The third-order valence-corrected chi connectivity index (χ3v) is 3.48. The van der Waals surface area contributed by atoms with Crippen LogP contribution in [0.5, 0.6) is 0 Å². The Morgan fingerprint density at radius 3 is 2.59 bits per heavy atom. The van der Waals surface area contributed by atoms with Gasteiger partial charge in [0.25, 0.3) is 0 Å². The number of carbonyl (C=O) groups is 1. The van der Waals surface area contributed by atoms with Crippen molar-refractivity contribution in [3.63, 3.8) is 0 Å². The Morgan fingerprint density at radius 1 is 1.24 bits per heavy atom. The zero-order valence-electron chi connectivity index (χ0n) is 11.4. The molecule has 0 aromatic heterocycles. The van der Waals surface area contributed by atoms with E-state index in [0.29, 0.717) is 12.5 Å². The van der Waals surface area contributed by atoms with Crippen molar-refractivity contribution in [2.24, 2.45) is 5.92 Å². The molecule has 1 rings (SSSR count). The minimum atomic E-state index is 0.216. The molecule has 1 aliphatic carbocycles. The van der Waals surface area contributed by atoms with E-state index in [9.17, 15) is 4.79 Å². The summed E-state index contributed by atoms with van der Waals surface area (Å²) in [5.41, 5.74) is 0. The number of carbonyl (C=O) groups excluding carboxylic acids is 1. The highest BCUT2D eigenvalue weighted by Gasteiger charge is 2.14. The Hall–Kier alpha value is -0.570. The topological polar surface area (TPSA) is 41.1 Å². The molecule has 3 heteroatoms. The van der Waals surface area contributed by atoms with Crippen LogP contribution in [-0.4, -0.2) is 25.0 Å². The van der Waals surface area contributed by atoms with Crippen molar-refractivity contribution in [2.75, 3.05) is 13.1 Å². The number of hydrogen-bond acceptors (Lipinski definition) is 2. The molecule has 17 heavy (non-hydrogen) atoms. The monoisotopic (exact) mass is 240 g/mol. The van der Waals surface area contributed by atoms with Crippen LogP contribution in [0.2, 0.25) is 0 Å². The summed E-state index contributed by atoms with van der Waals surface area (Å²) in [6.45, 7) is 6.07. The van der Waals surface area contributed by atoms with Gasteiger partial charge in [-0.2, -0.15) is 0 Å². The summed E-state index contributed by atoms with van der Waals surface area (Å²) in [5, 5.41) is 6.35. The molecular formula is C14H28N2O. The van der Waals surface area contributed by atoms with Gasteiger partial charge in [-0.15, -0.1) is 0 Å². The summed E-state index contributed by atoms with van der Waals surface area (Å²) in [7, 11) is 0. The van der Waals surface area contributed by atoms with Gasteiger partial charge < -0.3 is 10.6 Å². The Kier molecular flexibility index (Phi) is 7.25. The Balaban J connectivity index is 1.90. The molecule has 0 aliphatic heterocycles. The van der Waals surface area contributed by atoms with E-state index in [1.54, 1.807) is 0 Å². The molecule has 1 amide bonds. The summed E-state index contributed by atoms with van der Waals surface area (Å²) >= 11 is 0. The molecule has 0 bridgehead atoms. The predicted molar refractivity (Wildman–Crippen MR) is 72.0 cm³/mol. The van der Waals surface area contributed by atoms with E-state index in [0.717, 1.165) is 25.4 Å². The van der Waals surface area contributed by atoms with Gasteiger partial charge in [-0.25, -0.2) is 0 Å². The first kappa shape index (κ1) is 14.5. The summed E-state index contributed by atoms with van der Waals surface area (Å²) in [5.74, 6) is 1.09. The summed E-state index contributed by atoms with van der Waals surface area (Å²) in [6.07, 6.45) is 8.29. The highest BCUT2D eigenvalue weighted by atomic mass is 16.1. The summed E-state index contributed by atoms with van der Waals surface area (Å²) in [4.78, 5) is 11.5. The Labute approximate surface area is 106 Å². The van der Waals surface area contributed by atoms with Gasteiger partial charge in [0.2, 0.25) is 5.91 Å². The van der Waals surface area contributed by atoms with Gasteiger partial charge in [0, 0.05) is 19.0 Å². The lowest BCUT2D eigenvalue weighted by molar-refractivity contribution is -0.121. The van der Waals surface area contributed by atoms with Gasteiger partial charge in [-0.1, -0.05) is 39.5 Å². The van der Waals surface area contributed by atoms with E-state index >= 15 is 0 Å². The first-order chi connectivity index (χ1) is 8.18. The highest BCUT2D eigenvalue weighted by Crippen LogP contribution is 2.26. The summed E-state index contributed by atoms with van der Waals surface area (Å²) in [6, 6.07) is 0.514. The molecule has 0 saturated heterocycles. The van der Waals surface area contributed by atoms with Crippen molar-refractivity contribution in [1.29, 1.82) is 0 Å². The van der Waals surface area contributed by atoms with E-state index < -0.39 is 0 Å². The maximum Gasteiger partial charge on any atom is 0.220 e. The van der Waals surface area contributed by atoms with Gasteiger partial charge >= 0.3 is 0 Å². The largest absolute Gasteiger partial charge is 0.356 e. The van der Waals surface area contributed by atoms with Gasteiger partial charge in [-0.3, -0.25) is 4.79 Å². The van der Waals surface area contributed by atoms with Crippen LogP contribution >= 0.6 is 0 Å². The molecule has 0 unspecified atom stereocenters. The van der Waals surface area contributed by atoms with Crippen LogP contribution in [-0.2, 0) is 4.79 Å². The summed E-state index contributed by atoms with van der Waals surface area (Å²) < 4.78 is 0. The van der Waals surface area contributed by atoms with Crippen LogP contribution in [0.15, 0.2) is 0 Å². The van der Waals surface area contributed by atoms with Gasteiger partial charge in [0.1, 0.15) is 0 Å². The van der Waals surface area contributed by atoms with E-state index in [2.05, 4.69) is 24.5 Å².